The van der Waals surface area contributed by atoms with Crippen molar-refractivity contribution in [2.75, 3.05) is 20.3 Å². The number of hydrogen-bond donors (Lipinski definition) is 1. The van der Waals surface area contributed by atoms with Gasteiger partial charge in [-0.3, -0.25) is 9.59 Å². The van der Waals surface area contributed by atoms with Gasteiger partial charge in [0.15, 0.2) is 6.61 Å². The van der Waals surface area contributed by atoms with Crippen LogP contribution in [-0.2, 0) is 40.0 Å². The van der Waals surface area contributed by atoms with Crippen LogP contribution in [0.5, 0.6) is 5.75 Å². The summed E-state index contributed by atoms with van der Waals surface area (Å²) in [6.07, 6.45) is 5.55. The van der Waals surface area contributed by atoms with Gasteiger partial charge in [-0.15, -0.1) is 0 Å². The van der Waals surface area contributed by atoms with E-state index in [1.807, 2.05) is 30.3 Å². The van der Waals surface area contributed by atoms with E-state index in [0.29, 0.717) is 13.0 Å². The highest BCUT2D eigenvalue weighted by Gasteiger charge is 2.12. The normalized spacial score (nSPS) is 12.8. The molecule has 5 nitrogen and oxygen atoms in total. The zero-order valence-corrected chi connectivity index (χ0v) is 16.3. The second-order valence-electron chi connectivity index (χ2n) is 7.10. The number of rotatable bonds is 8. The van der Waals surface area contributed by atoms with Gasteiger partial charge in [0.25, 0.3) is 5.91 Å². The molecule has 0 saturated carbocycles. The van der Waals surface area contributed by atoms with Crippen molar-refractivity contribution in [1.29, 1.82) is 0 Å². The van der Waals surface area contributed by atoms with Crippen molar-refractivity contribution in [3.8, 4) is 5.75 Å². The molecule has 2 aromatic carbocycles. The molecule has 0 aromatic heterocycles. The van der Waals surface area contributed by atoms with Gasteiger partial charge < -0.3 is 14.8 Å². The quantitative estimate of drug-likeness (QED) is 0.714. The Morgan fingerprint density at radius 2 is 1.68 bits per heavy atom. The lowest BCUT2D eigenvalue weighted by Gasteiger charge is -2.16. The van der Waals surface area contributed by atoms with Crippen molar-refractivity contribution in [1.82, 2.24) is 5.32 Å². The van der Waals surface area contributed by atoms with Crippen LogP contribution in [0.3, 0.4) is 0 Å². The minimum atomic E-state index is -0.374. The predicted octanol–water partition coefficient (Wildman–Crippen LogP) is 3.02. The Morgan fingerprint density at radius 1 is 0.964 bits per heavy atom. The molecule has 0 radical (unpaired) electrons. The first kappa shape index (κ1) is 19.9. The zero-order chi connectivity index (χ0) is 19.8. The molecule has 0 atom stereocenters. The Morgan fingerprint density at radius 3 is 2.43 bits per heavy atom. The minimum absolute atomic E-state index is 0.201. The van der Waals surface area contributed by atoms with Crippen LogP contribution in [0.2, 0.25) is 0 Å². The molecule has 1 aliphatic rings. The first-order valence-corrected chi connectivity index (χ1v) is 9.80. The van der Waals surface area contributed by atoms with E-state index in [9.17, 15) is 9.59 Å². The number of carbonyl (C=O) groups excluding carboxylic acids is 2. The number of benzene rings is 2. The van der Waals surface area contributed by atoms with Gasteiger partial charge in [-0.25, -0.2) is 0 Å². The summed E-state index contributed by atoms with van der Waals surface area (Å²) in [6, 6.07) is 13.9. The van der Waals surface area contributed by atoms with E-state index in [1.54, 1.807) is 7.11 Å². The summed E-state index contributed by atoms with van der Waals surface area (Å²) in [5.41, 5.74) is 4.78. The van der Waals surface area contributed by atoms with E-state index in [0.717, 1.165) is 29.7 Å². The molecular formula is C23H27NO4. The van der Waals surface area contributed by atoms with Gasteiger partial charge in [-0.2, -0.15) is 0 Å². The van der Waals surface area contributed by atoms with Crippen molar-refractivity contribution >= 4 is 11.9 Å². The average molecular weight is 381 g/mol. The SMILES string of the molecule is COc1ccc(CCNC(=O)COC(=O)Cc2ccc3c(c2)CCCC3)cc1. The average Bonchev–Trinajstić information content (AvgIpc) is 2.73. The molecule has 28 heavy (non-hydrogen) atoms. The Hall–Kier alpha value is -2.82. The zero-order valence-electron chi connectivity index (χ0n) is 16.3. The molecule has 0 fully saturated rings. The fourth-order valence-corrected chi connectivity index (χ4v) is 3.45. The van der Waals surface area contributed by atoms with E-state index in [4.69, 9.17) is 9.47 Å². The first-order valence-electron chi connectivity index (χ1n) is 9.80. The molecule has 0 heterocycles. The monoisotopic (exact) mass is 381 g/mol. The van der Waals surface area contributed by atoms with E-state index in [1.165, 1.54) is 24.0 Å². The molecule has 1 N–H and O–H groups in total. The lowest BCUT2D eigenvalue weighted by molar-refractivity contribution is -0.147. The minimum Gasteiger partial charge on any atom is -0.497 e. The topological polar surface area (TPSA) is 64.6 Å². The lowest BCUT2D eigenvalue weighted by Crippen LogP contribution is -2.30. The number of nitrogens with one attached hydrogen (secondary N) is 1. The summed E-state index contributed by atoms with van der Waals surface area (Å²) in [5.74, 6) is 0.145. The second-order valence-corrected chi connectivity index (χ2v) is 7.10. The molecule has 5 heteroatoms. The molecule has 148 valence electrons. The molecule has 0 bridgehead atoms. The van der Waals surface area contributed by atoms with Gasteiger partial charge in [0.2, 0.25) is 0 Å². The van der Waals surface area contributed by atoms with Gasteiger partial charge in [0.05, 0.1) is 13.5 Å². The maximum Gasteiger partial charge on any atom is 0.310 e. The summed E-state index contributed by atoms with van der Waals surface area (Å²) in [4.78, 5) is 23.9. The third-order valence-corrected chi connectivity index (χ3v) is 5.02. The van der Waals surface area contributed by atoms with Gasteiger partial charge in [-0.1, -0.05) is 30.3 Å². The molecule has 3 rings (SSSR count). The standard InChI is InChI=1S/C23H27NO4/c1-27-21-10-7-17(8-11-21)12-13-24-22(25)16-28-23(26)15-18-6-9-19-4-2-3-5-20(19)14-18/h6-11,14H,2-5,12-13,15-16H2,1H3,(H,24,25). The predicted molar refractivity (Wildman–Crippen MR) is 107 cm³/mol. The lowest BCUT2D eigenvalue weighted by atomic mass is 9.90. The fourth-order valence-electron chi connectivity index (χ4n) is 3.45. The van der Waals surface area contributed by atoms with Crippen molar-refractivity contribution in [2.45, 2.75) is 38.5 Å². The van der Waals surface area contributed by atoms with Crippen molar-refractivity contribution in [3.63, 3.8) is 0 Å². The van der Waals surface area contributed by atoms with Gasteiger partial charge in [0, 0.05) is 6.54 Å². The number of esters is 1. The van der Waals surface area contributed by atoms with Crippen LogP contribution in [0.1, 0.15) is 35.1 Å². The number of methoxy groups -OCH3 is 1. The summed E-state index contributed by atoms with van der Waals surface area (Å²) >= 11 is 0. The molecule has 1 aliphatic carbocycles. The van der Waals surface area contributed by atoms with Gasteiger partial charge >= 0.3 is 5.97 Å². The number of ether oxygens (including phenoxy) is 2. The van der Waals surface area contributed by atoms with Crippen molar-refractivity contribution in [2.24, 2.45) is 0 Å². The van der Waals surface area contributed by atoms with Crippen molar-refractivity contribution in [3.05, 3.63) is 64.7 Å². The van der Waals surface area contributed by atoms with Crippen LogP contribution in [0, 0.1) is 0 Å². The maximum absolute atomic E-state index is 12.0. The summed E-state index contributed by atoms with van der Waals surface area (Å²) in [5, 5.41) is 2.77. The van der Waals surface area contributed by atoms with E-state index in [-0.39, 0.29) is 24.9 Å². The Balaban J connectivity index is 1.36. The Labute approximate surface area is 166 Å². The third-order valence-electron chi connectivity index (χ3n) is 5.02. The number of fused-ring (bicyclic) bond motifs is 1. The summed E-state index contributed by atoms with van der Waals surface area (Å²) in [7, 11) is 1.63. The highest BCUT2D eigenvalue weighted by molar-refractivity contribution is 5.81. The van der Waals surface area contributed by atoms with Crippen LogP contribution in [0.25, 0.3) is 0 Å². The van der Waals surface area contributed by atoms with Gasteiger partial charge in [0.1, 0.15) is 5.75 Å². The number of carbonyl (C=O) groups is 2. The molecule has 0 saturated heterocycles. The molecule has 0 spiro atoms. The number of hydrogen-bond acceptors (Lipinski definition) is 4. The first-order chi connectivity index (χ1) is 13.6. The molecule has 0 unspecified atom stereocenters. The second kappa shape index (κ2) is 9.93. The highest BCUT2D eigenvalue weighted by atomic mass is 16.5. The van der Waals surface area contributed by atoms with E-state index >= 15 is 0 Å². The number of amides is 1. The van der Waals surface area contributed by atoms with Gasteiger partial charge in [-0.05, 0) is 66.5 Å². The highest BCUT2D eigenvalue weighted by Crippen LogP contribution is 2.22. The molecule has 0 aliphatic heterocycles. The van der Waals surface area contributed by atoms with Crippen molar-refractivity contribution < 1.29 is 19.1 Å². The van der Waals surface area contributed by atoms with Crippen LogP contribution in [0.4, 0.5) is 0 Å². The fraction of sp³-hybridized carbons (Fsp3) is 0.391. The molecular weight excluding hydrogens is 354 g/mol. The number of aryl methyl sites for hydroxylation is 2. The summed E-state index contributed by atoms with van der Waals surface area (Å²) < 4.78 is 10.2. The Kier molecular flexibility index (Phi) is 7.06. The maximum atomic E-state index is 12.0. The van der Waals surface area contributed by atoms with Crippen LogP contribution in [-0.4, -0.2) is 32.1 Å². The third kappa shape index (κ3) is 5.84. The largest absolute Gasteiger partial charge is 0.497 e. The smallest absolute Gasteiger partial charge is 0.310 e. The van der Waals surface area contributed by atoms with Crippen LogP contribution < -0.4 is 10.1 Å². The molecule has 1 amide bonds. The summed E-state index contributed by atoms with van der Waals surface area (Å²) in [6.45, 7) is 0.250. The van der Waals surface area contributed by atoms with E-state index < -0.39 is 0 Å². The molecule has 2 aromatic rings. The van der Waals surface area contributed by atoms with Crippen LogP contribution in [0.15, 0.2) is 42.5 Å². The van der Waals surface area contributed by atoms with E-state index in [2.05, 4.69) is 17.4 Å². The van der Waals surface area contributed by atoms with Crippen LogP contribution >= 0.6 is 0 Å². The Bertz CT molecular complexity index is 814.